The van der Waals surface area contributed by atoms with Crippen LogP contribution in [0.25, 0.3) is 0 Å². The summed E-state index contributed by atoms with van der Waals surface area (Å²) in [5.74, 6) is 0.0234. The number of rotatable bonds is 8. The van der Waals surface area contributed by atoms with Crippen molar-refractivity contribution in [2.75, 3.05) is 19.6 Å². The summed E-state index contributed by atoms with van der Waals surface area (Å²) < 4.78 is 0. The second-order valence-electron chi connectivity index (χ2n) is 7.66. The van der Waals surface area contributed by atoms with Gasteiger partial charge in [-0.3, -0.25) is 9.59 Å². The Hall–Kier alpha value is -2.37. The molecule has 6 nitrogen and oxygen atoms in total. The number of likely N-dealkylation sites (tertiary alicyclic amines) is 1. The number of piperidine rings is 1. The molecule has 2 N–H and O–H groups in total. The Labute approximate surface area is 159 Å². The van der Waals surface area contributed by atoms with Gasteiger partial charge in [0.15, 0.2) is 0 Å². The van der Waals surface area contributed by atoms with E-state index < -0.39 is 5.97 Å². The Bertz CT molecular complexity index is 691. The second kappa shape index (κ2) is 9.02. The van der Waals surface area contributed by atoms with Gasteiger partial charge in [0, 0.05) is 32.0 Å². The smallest absolute Gasteiger partial charge is 0.335 e. The lowest BCUT2D eigenvalue weighted by Crippen LogP contribution is -2.39. The molecule has 1 heterocycles. The summed E-state index contributed by atoms with van der Waals surface area (Å²) >= 11 is 0. The Kier molecular flexibility index (Phi) is 6.48. The van der Waals surface area contributed by atoms with Gasteiger partial charge in [0.2, 0.25) is 11.8 Å². The van der Waals surface area contributed by atoms with Crippen LogP contribution in [0.4, 0.5) is 0 Å². The fraction of sp³-hybridized carbons (Fsp3) is 0.571. The third-order valence-electron chi connectivity index (χ3n) is 5.54. The Morgan fingerprint density at radius 2 is 1.78 bits per heavy atom. The van der Waals surface area contributed by atoms with E-state index in [0.29, 0.717) is 30.9 Å². The molecule has 0 atom stereocenters. The number of carboxylic acids is 1. The fourth-order valence-corrected chi connectivity index (χ4v) is 3.70. The maximum atomic E-state index is 12.3. The summed E-state index contributed by atoms with van der Waals surface area (Å²) in [5, 5.41) is 12.2. The number of aromatic carboxylic acids is 1. The maximum Gasteiger partial charge on any atom is 0.335 e. The summed E-state index contributed by atoms with van der Waals surface area (Å²) in [6.07, 6.45) is 5.70. The maximum absolute atomic E-state index is 12.3. The summed E-state index contributed by atoms with van der Waals surface area (Å²) in [6, 6.07) is 7.17. The zero-order chi connectivity index (χ0) is 19.2. The Balaban J connectivity index is 1.37. The van der Waals surface area contributed by atoms with Crippen molar-refractivity contribution in [3.8, 4) is 0 Å². The van der Waals surface area contributed by atoms with Crippen LogP contribution < -0.4 is 5.32 Å². The normalized spacial score (nSPS) is 17.6. The van der Waals surface area contributed by atoms with Crippen molar-refractivity contribution in [3.63, 3.8) is 0 Å². The molecular weight excluding hydrogens is 344 g/mol. The first-order valence-electron chi connectivity index (χ1n) is 9.91. The lowest BCUT2D eigenvalue weighted by molar-refractivity contribution is -0.133. The predicted octanol–water partition coefficient (Wildman–Crippen LogP) is 2.47. The van der Waals surface area contributed by atoms with Crippen LogP contribution in [0.15, 0.2) is 24.3 Å². The molecule has 1 aromatic rings. The van der Waals surface area contributed by atoms with E-state index in [-0.39, 0.29) is 17.7 Å². The number of nitrogens with one attached hydrogen (secondary N) is 1. The standard InChI is InChI=1S/C21H28N2O4/c24-19(6-3-11-22-20(25)16-7-8-16)23-12-9-15(10-13-23)14-17-4-1-2-5-18(17)21(26)27/h1-2,4-5,15-16H,3,6-14H2,(H,22,25)(H,26,27). The molecule has 2 aliphatic rings. The quantitative estimate of drug-likeness (QED) is 0.687. The summed E-state index contributed by atoms with van der Waals surface area (Å²) in [5.41, 5.74) is 1.26. The van der Waals surface area contributed by atoms with Crippen molar-refractivity contribution in [1.82, 2.24) is 10.2 Å². The van der Waals surface area contributed by atoms with Gasteiger partial charge < -0.3 is 15.3 Å². The molecule has 2 fully saturated rings. The monoisotopic (exact) mass is 372 g/mol. The molecule has 3 rings (SSSR count). The molecule has 146 valence electrons. The minimum atomic E-state index is -0.882. The predicted molar refractivity (Wildman–Crippen MR) is 101 cm³/mol. The van der Waals surface area contributed by atoms with Crippen molar-refractivity contribution < 1.29 is 19.5 Å². The van der Waals surface area contributed by atoms with E-state index in [4.69, 9.17) is 0 Å². The summed E-state index contributed by atoms with van der Waals surface area (Å²) in [4.78, 5) is 37.1. The molecule has 0 unspecified atom stereocenters. The van der Waals surface area contributed by atoms with Crippen LogP contribution in [0.2, 0.25) is 0 Å². The van der Waals surface area contributed by atoms with Crippen LogP contribution in [0.1, 0.15) is 54.4 Å². The molecule has 27 heavy (non-hydrogen) atoms. The molecule has 6 heteroatoms. The van der Waals surface area contributed by atoms with Gasteiger partial charge in [0.25, 0.3) is 0 Å². The van der Waals surface area contributed by atoms with Crippen LogP contribution in [0, 0.1) is 11.8 Å². The van der Waals surface area contributed by atoms with Crippen LogP contribution in [-0.4, -0.2) is 47.4 Å². The van der Waals surface area contributed by atoms with E-state index in [1.165, 1.54) is 0 Å². The van der Waals surface area contributed by atoms with E-state index in [2.05, 4.69) is 5.32 Å². The van der Waals surface area contributed by atoms with Crippen molar-refractivity contribution >= 4 is 17.8 Å². The average Bonchev–Trinajstić information content (AvgIpc) is 3.51. The number of carboxylic acid groups (broad SMARTS) is 1. The molecule has 1 aliphatic carbocycles. The van der Waals surface area contributed by atoms with Gasteiger partial charge in [-0.15, -0.1) is 0 Å². The second-order valence-corrected chi connectivity index (χ2v) is 7.66. The van der Waals surface area contributed by atoms with Crippen molar-refractivity contribution in [2.45, 2.75) is 44.9 Å². The fourth-order valence-electron chi connectivity index (χ4n) is 3.70. The van der Waals surface area contributed by atoms with Crippen molar-refractivity contribution in [3.05, 3.63) is 35.4 Å². The van der Waals surface area contributed by atoms with Crippen LogP contribution in [0.3, 0.4) is 0 Å². The summed E-state index contributed by atoms with van der Waals surface area (Å²) in [7, 11) is 0. The molecule has 1 saturated heterocycles. The molecule has 1 saturated carbocycles. The molecule has 2 amide bonds. The molecule has 0 aromatic heterocycles. The van der Waals surface area contributed by atoms with Crippen molar-refractivity contribution in [2.24, 2.45) is 11.8 Å². The molecule has 0 spiro atoms. The molecular formula is C21H28N2O4. The molecule has 1 aromatic carbocycles. The number of amides is 2. The van der Waals surface area contributed by atoms with Gasteiger partial charge in [-0.05, 0) is 56.1 Å². The number of hydrogen-bond acceptors (Lipinski definition) is 3. The number of nitrogens with zero attached hydrogens (tertiary/aromatic N) is 1. The highest BCUT2D eigenvalue weighted by molar-refractivity contribution is 5.89. The van der Waals surface area contributed by atoms with Gasteiger partial charge >= 0.3 is 5.97 Å². The third-order valence-corrected chi connectivity index (χ3v) is 5.54. The van der Waals surface area contributed by atoms with E-state index in [1.807, 2.05) is 17.0 Å². The van der Waals surface area contributed by atoms with Gasteiger partial charge in [-0.2, -0.15) is 0 Å². The Morgan fingerprint density at radius 3 is 2.44 bits per heavy atom. The first-order valence-corrected chi connectivity index (χ1v) is 9.91. The minimum Gasteiger partial charge on any atom is -0.478 e. The average molecular weight is 372 g/mol. The number of carbonyl (C=O) groups is 3. The summed E-state index contributed by atoms with van der Waals surface area (Å²) in [6.45, 7) is 2.03. The van der Waals surface area contributed by atoms with E-state index in [0.717, 1.165) is 50.8 Å². The lowest BCUT2D eigenvalue weighted by atomic mass is 9.88. The molecule has 0 radical (unpaired) electrons. The Morgan fingerprint density at radius 1 is 1.07 bits per heavy atom. The highest BCUT2D eigenvalue weighted by Crippen LogP contribution is 2.28. The molecule has 0 bridgehead atoms. The zero-order valence-electron chi connectivity index (χ0n) is 15.7. The lowest BCUT2D eigenvalue weighted by Gasteiger charge is -2.32. The SMILES string of the molecule is O=C(O)c1ccccc1CC1CCN(C(=O)CCCNC(=O)C2CC2)CC1. The zero-order valence-corrected chi connectivity index (χ0v) is 15.7. The van der Waals surface area contributed by atoms with Crippen LogP contribution >= 0.6 is 0 Å². The first-order chi connectivity index (χ1) is 13.0. The highest BCUT2D eigenvalue weighted by Gasteiger charge is 2.29. The number of benzene rings is 1. The van der Waals surface area contributed by atoms with Crippen LogP contribution in [-0.2, 0) is 16.0 Å². The van der Waals surface area contributed by atoms with Gasteiger partial charge in [-0.1, -0.05) is 18.2 Å². The minimum absolute atomic E-state index is 0.130. The van der Waals surface area contributed by atoms with Crippen molar-refractivity contribution in [1.29, 1.82) is 0 Å². The highest BCUT2D eigenvalue weighted by atomic mass is 16.4. The van der Waals surface area contributed by atoms with Gasteiger partial charge in [0.05, 0.1) is 5.56 Å². The van der Waals surface area contributed by atoms with E-state index in [9.17, 15) is 19.5 Å². The van der Waals surface area contributed by atoms with Crippen LogP contribution in [0.5, 0.6) is 0 Å². The number of hydrogen-bond donors (Lipinski definition) is 2. The third kappa shape index (κ3) is 5.55. The van der Waals surface area contributed by atoms with E-state index >= 15 is 0 Å². The molecule has 1 aliphatic heterocycles. The van der Waals surface area contributed by atoms with E-state index in [1.54, 1.807) is 12.1 Å². The van der Waals surface area contributed by atoms with Gasteiger partial charge in [-0.25, -0.2) is 4.79 Å². The topological polar surface area (TPSA) is 86.7 Å². The van der Waals surface area contributed by atoms with Gasteiger partial charge in [0.1, 0.15) is 0 Å². The largest absolute Gasteiger partial charge is 0.478 e. The number of carbonyl (C=O) groups excluding carboxylic acids is 2. The first kappa shape index (κ1) is 19.4.